The van der Waals surface area contributed by atoms with Gasteiger partial charge in [-0.15, -0.1) is 12.4 Å². The third-order valence-electron chi connectivity index (χ3n) is 1.70. The van der Waals surface area contributed by atoms with Gasteiger partial charge in [-0.05, 0) is 18.2 Å². The van der Waals surface area contributed by atoms with E-state index in [2.05, 4.69) is 0 Å². The highest BCUT2D eigenvalue weighted by atomic mass is 35.5. The third-order valence-corrected chi connectivity index (χ3v) is 1.70. The van der Waals surface area contributed by atoms with Crippen LogP contribution in [0.25, 0.3) is 0 Å². The highest BCUT2D eigenvalue weighted by Crippen LogP contribution is 2.16. The Morgan fingerprint density at radius 3 is 2.64 bits per heavy atom. The zero-order valence-corrected chi connectivity index (χ0v) is 8.48. The fourth-order valence-corrected chi connectivity index (χ4v) is 1.07. The Morgan fingerprint density at radius 2 is 2.07 bits per heavy atom. The summed E-state index contributed by atoms with van der Waals surface area (Å²) < 4.78 is 30.5. The van der Waals surface area contributed by atoms with Crippen molar-refractivity contribution in [3.63, 3.8) is 0 Å². The first-order chi connectivity index (χ1) is 6.15. The summed E-state index contributed by atoms with van der Waals surface area (Å²) in [6.07, 6.45) is 0. The van der Waals surface area contributed by atoms with Gasteiger partial charge in [0.1, 0.15) is 11.6 Å². The van der Waals surface area contributed by atoms with Crippen LogP contribution >= 0.6 is 12.4 Å². The van der Waals surface area contributed by atoms with E-state index in [1.807, 2.05) is 0 Å². The van der Waals surface area contributed by atoms with Gasteiger partial charge >= 0.3 is 0 Å². The first kappa shape index (κ1) is 13.3. The van der Waals surface area contributed by atoms with Crippen molar-refractivity contribution in [2.24, 2.45) is 5.73 Å². The van der Waals surface area contributed by atoms with Crippen molar-refractivity contribution in [1.82, 2.24) is 0 Å². The molecule has 1 unspecified atom stereocenters. The molecule has 0 radical (unpaired) electrons. The summed E-state index contributed by atoms with van der Waals surface area (Å²) in [5.74, 6) is -1.01. The quantitative estimate of drug-likeness (QED) is 0.851. The highest BCUT2D eigenvalue weighted by Gasteiger charge is 2.11. The average molecular weight is 224 g/mol. The Bertz CT molecular complexity index is 296. The minimum Gasteiger partial charge on any atom is -0.383 e. The molecule has 0 amide bonds. The number of ether oxygens (including phenoxy) is 1. The summed E-state index contributed by atoms with van der Waals surface area (Å²) >= 11 is 0. The molecule has 2 nitrogen and oxygen atoms in total. The van der Waals surface area contributed by atoms with E-state index >= 15 is 0 Å². The molecular formula is C9H12ClF2NO. The van der Waals surface area contributed by atoms with Crippen LogP contribution in [0.2, 0.25) is 0 Å². The van der Waals surface area contributed by atoms with Crippen LogP contribution < -0.4 is 5.73 Å². The summed E-state index contributed by atoms with van der Waals surface area (Å²) in [6, 6.07) is 2.57. The van der Waals surface area contributed by atoms with E-state index in [9.17, 15) is 8.78 Å². The van der Waals surface area contributed by atoms with Crippen molar-refractivity contribution in [2.45, 2.75) is 6.04 Å². The summed E-state index contributed by atoms with van der Waals surface area (Å²) in [4.78, 5) is 0. The second-order valence-corrected chi connectivity index (χ2v) is 2.73. The molecule has 5 heteroatoms. The van der Waals surface area contributed by atoms with Crippen LogP contribution in [0.4, 0.5) is 8.78 Å². The minimum atomic E-state index is -0.624. The van der Waals surface area contributed by atoms with Crippen LogP contribution in [0.5, 0.6) is 0 Å². The van der Waals surface area contributed by atoms with Gasteiger partial charge in [0.25, 0.3) is 0 Å². The Kier molecular flexibility index (Phi) is 5.60. The van der Waals surface area contributed by atoms with Gasteiger partial charge in [-0.1, -0.05) is 0 Å². The van der Waals surface area contributed by atoms with Crippen molar-refractivity contribution in [3.05, 3.63) is 35.4 Å². The first-order valence-corrected chi connectivity index (χ1v) is 3.84. The molecular weight excluding hydrogens is 212 g/mol. The molecule has 1 aromatic rings. The number of hydrogen-bond acceptors (Lipinski definition) is 2. The zero-order chi connectivity index (χ0) is 9.84. The van der Waals surface area contributed by atoms with Crippen LogP contribution in [-0.2, 0) is 4.74 Å². The van der Waals surface area contributed by atoms with E-state index in [1.54, 1.807) is 0 Å². The monoisotopic (exact) mass is 223 g/mol. The molecule has 80 valence electrons. The van der Waals surface area contributed by atoms with Crippen LogP contribution in [0.15, 0.2) is 18.2 Å². The fourth-order valence-electron chi connectivity index (χ4n) is 1.07. The minimum absolute atomic E-state index is 0. The van der Waals surface area contributed by atoms with Crippen molar-refractivity contribution in [3.8, 4) is 0 Å². The van der Waals surface area contributed by atoms with E-state index in [0.717, 1.165) is 18.2 Å². The summed E-state index contributed by atoms with van der Waals surface area (Å²) in [5.41, 5.74) is 5.68. The molecule has 0 aromatic heterocycles. The Hall–Kier alpha value is -0.710. The van der Waals surface area contributed by atoms with Gasteiger partial charge in [0.05, 0.1) is 12.6 Å². The van der Waals surface area contributed by atoms with Gasteiger partial charge in [0, 0.05) is 12.7 Å². The molecule has 0 aliphatic heterocycles. The lowest BCUT2D eigenvalue weighted by atomic mass is 10.1. The molecule has 0 aliphatic rings. The van der Waals surface area contributed by atoms with Gasteiger partial charge in [0.15, 0.2) is 0 Å². The number of hydrogen-bond donors (Lipinski definition) is 1. The Morgan fingerprint density at radius 1 is 1.43 bits per heavy atom. The van der Waals surface area contributed by atoms with Crippen molar-refractivity contribution in [2.75, 3.05) is 13.7 Å². The number of benzene rings is 1. The Labute approximate surface area is 87.5 Å². The van der Waals surface area contributed by atoms with E-state index in [0.29, 0.717) is 0 Å². The smallest absolute Gasteiger partial charge is 0.128 e. The maximum Gasteiger partial charge on any atom is 0.128 e. The van der Waals surface area contributed by atoms with Gasteiger partial charge in [-0.25, -0.2) is 8.78 Å². The molecule has 1 rings (SSSR count). The van der Waals surface area contributed by atoms with Crippen molar-refractivity contribution >= 4 is 12.4 Å². The summed E-state index contributed by atoms with van der Waals surface area (Å²) in [7, 11) is 1.46. The number of halogens is 3. The lowest BCUT2D eigenvalue weighted by Gasteiger charge is -2.11. The summed E-state index contributed by atoms with van der Waals surface area (Å²) in [5, 5.41) is 0. The van der Waals surface area contributed by atoms with E-state index in [-0.39, 0.29) is 24.6 Å². The van der Waals surface area contributed by atoms with Crippen LogP contribution in [0.1, 0.15) is 11.6 Å². The number of nitrogens with two attached hydrogens (primary N) is 1. The second kappa shape index (κ2) is 5.90. The van der Waals surface area contributed by atoms with E-state index in [1.165, 1.54) is 7.11 Å². The topological polar surface area (TPSA) is 35.2 Å². The molecule has 0 saturated heterocycles. The van der Waals surface area contributed by atoms with Gasteiger partial charge in [0.2, 0.25) is 0 Å². The molecule has 1 atom stereocenters. The van der Waals surface area contributed by atoms with Crippen molar-refractivity contribution in [1.29, 1.82) is 0 Å². The SMILES string of the molecule is COCC(N)c1cc(F)ccc1F.Cl. The fraction of sp³-hybridized carbons (Fsp3) is 0.333. The van der Waals surface area contributed by atoms with Gasteiger partial charge in [-0.2, -0.15) is 0 Å². The molecule has 0 fully saturated rings. The zero-order valence-electron chi connectivity index (χ0n) is 7.67. The summed E-state index contributed by atoms with van der Waals surface area (Å²) in [6.45, 7) is 0.167. The predicted molar refractivity (Wildman–Crippen MR) is 52.4 cm³/mol. The molecule has 0 saturated carbocycles. The second-order valence-electron chi connectivity index (χ2n) is 2.73. The molecule has 0 spiro atoms. The molecule has 2 N–H and O–H groups in total. The number of methoxy groups -OCH3 is 1. The molecule has 0 bridgehead atoms. The number of rotatable bonds is 3. The standard InChI is InChI=1S/C9H11F2NO.ClH/c1-13-5-9(12)7-4-6(10)2-3-8(7)11;/h2-4,9H,5,12H2,1H3;1H. The lowest BCUT2D eigenvalue weighted by molar-refractivity contribution is 0.179. The van der Waals surface area contributed by atoms with Crippen molar-refractivity contribution < 1.29 is 13.5 Å². The van der Waals surface area contributed by atoms with Crippen LogP contribution in [0.3, 0.4) is 0 Å². The normalized spacial score (nSPS) is 12.0. The van der Waals surface area contributed by atoms with Gasteiger partial charge in [-0.3, -0.25) is 0 Å². The maximum absolute atomic E-state index is 13.0. The maximum atomic E-state index is 13.0. The average Bonchev–Trinajstić information content (AvgIpc) is 2.09. The van der Waals surface area contributed by atoms with Crippen LogP contribution in [0, 0.1) is 11.6 Å². The van der Waals surface area contributed by atoms with E-state index in [4.69, 9.17) is 10.5 Å². The first-order valence-electron chi connectivity index (χ1n) is 3.84. The molecule has 0 aliphatic carbocycles. The third kappa shape index (κ3) is 3.21. The lowest BCUT2D eigenvalue weighted by Crippen LogP contribution is -2.17. The predicted octanol–water partition coefficient (Wildman–Crippen LogP) is 2.03. The molecule has 0 heterocycles. The molecule has 1 aromatic carbocycles. The Balaban J connectivity index is 0.00000169. The molecule has 14 heavy (non-hydrogen) atoms. The van der Waals surface area contributed by atoms with Crippen LogP contribution in [-0.4, -0.2) is 13.7 Å². The van der Waals surface area contributed by atoms with Gasteiger partial charge < -0.3 is 10.5 Å². The highest BCUT2D eigenvalue weighted by molar-refractivity contribution is 5.85. The van der Waals surface area contributed by atoms with E-state index < -0.39 is 17.7 Å². The largest absolute Gasteiger partial charge is 0.383 e.